The molecule has 236 valence electrons. The summed E-state index contributed by atoms with van der Waals surface area (Å²) in [5.41, 5.74) is 1.16. The monoisotopic (exact) mass is 584 g/mol. The molecule has 0 radical (unpaired) electrons. The number of carbonyl (C=O) groups is 3. The van der Waals surface area contributed by atoms with E-state index >= 15 is 0 Å². The van der Waals surface area contributed by atoms with Crippen molar-refractivity contribution in [2.75, 3.05) is 6.61 Å². The Hall–Kier alpha value is -1.85. The van der Waals surface area contributed by atoms with Gasteiger partial charge in [-0.2, -0.15) is 0 Å². The second-order valence-electron chi connectivity index (χ2n) is 16.3. The molecule has 0 aromatic heterocycles. The summed E-state index contributed by atoms with van der Waals surface area (Å²) in [5.74, 6) is 0.891. The highest BCUT2D eigenvalue weighted by Gasteiger charge is 2.72. The molecule has 5 aliphatic carbocycles. The Morgan fingerprint density at radius 2 is 1.55 bits per heavy atom. The van der Waals surface area contributed by atoms with Gasteiger partial charge in [-0.15, -0.1) is 0 Å². The van der Waals surface area contributed by atoms with Crippen molar-refractivity contribution in [1.82, 2.24) is 0 Å². The lowest BCUT2D eigenvalue weighted by Gasteiger charge is -2.72. The van der Waals surface area contributed by atoms with E-state index < -0.39 is 5.97 Å². The summed E-state index contributed by atoms with van der Waals surface area (Å²) in [6.45, 7) is 21.3. The fourth-order valence-electron chi connectivity index (χ4n) is 12.4. The molecule has 1 N–H and O–H groups in total. The van der Waals surface area contributed by atoms with Gasteiger partial charge in [0.25, 0.3) is 0 Å². The van der Waals surface area contributed by atoms with Gasteiger partial charge < -0.3 is 14.6 Å². The van der Waals surface area contributed by atoms with Crippen LogP contribution in [0.25, 0.3) is 0 Å². The summed E-state index contributed by atoms with van der Waals surface area (Å²) in [6, 6.07) is 0. The lowest BCUT2D eigenvalue weighted by Crippen LogP contribution is -2.67. The number of carbonyl (C=O) groups excluding carboxylic acids is 2. The van der Waals surface area contributed by atoms with Crippen LogP contribution in [0.15, 0.2) is 12.2 Å². The fraction of sp³-hybridized carbons (Fsp3) is 0.861. The summed E-state index contributed by atoms with van der Waals surface area (Å²) in [5, 5.41) is 9.02. The molecule has 0 aromatic rings. The minimum atomic E-state index is -0.965. The number of esters is 2. The first-order valence-electron chi connectivity index (χ1n) is 16.8. The third kappa shape index (κ3) is 4.42. The number of carboxylic acids is 1. The Morgan fingerprint density at radius 1 is 0.833 bits per heavy atom. The molecule has 10 atom stereocenters. The molecule has 5 saturated carbocycles. The van der Waals surface area contributed by atoms with Gasteiger partial charge in [-0.1, -0.05) is 46.8 Å². The van der Waals surface area contributed by atoms with Gasteiger partial charge in [-0.3, -0.25) is 14.4 Å². The molecule has 0 heterocycles. The molecule has 6 heteroatoms. The molecular formula is C36H56O6. The van der Waals surface area contributed by atoms with Gasteiger partial charge in [-0.05, 0) is 124 Å². The standard InChI is InChI=1S/C36H56O6/c1-9-41-31(40)36-19-14-23(22(2)3)30(36)24-10-11-26-33(6)17-16-27(42-29(39)13-12-28(37)38)32(4,5)25(33)15-18-35(26,8)34(24,7)20-21-36/h23-27,30H,2,9-21H2,1,3-8H3,(H,37,38)/t23-,24+,25-,26+,27-,30+,33-,34+,35+,36-/m0/s1. The highest BCUT2D eigenvalue weighted by atomic mass is 16.5. The number of aliphatic carboxylic acids is 1. The number of allylic oxidation sites excluding steroid dienone is 1. The van der Waals surface area contributed by atoms with Crippen molar-refractivity contribution >= 4 is 17.9 Å². The van der Waals surface area contributed by atoms with E-state index in [0.29, 0.717) is 36.2 Å². The van der Waals surface area contributed by atoms with Gasteiger partial charge in [0.05, 0.1) is 24.9 Å². The number of rotatable bonds is 7. The molecule has 0 saturated heterocycles. The number of hydrogen-bond acceptors (Lipinski definition) is 5. The number of hydrogen-bond donors (Lipinski definition) is 1. The van der Waals surface area contributed by atoms with Crippen molar-refractivity contribution in [1.29, 1.82) is 0 Å². The quantitative estimate of drug-likeness (QED) is 0.241. The molecule has 0 bridgehead atoms. The first kappa shape index (κ1) is 31.6. The fourth-order valence-corrected chi connectivity index (χ4v) is 12.4. The topological polar surface area (TPSA) is 89.9 Å². The molecule has 5 rings (SSSR count). The van der Waals surface area contributed by atoms with E-state index in [9.17, 15) is 14.4 Å². The summed E-state index contributed by atoms with van der Waals surface area (Å²) in [4.78, 5) is 37.3. The SMILES string of the molecule is C=C(C)[C@@H]1CC[C@]2(C(=O)OCC)CC[C@]3(C)[C@H](CC[C@@H]4[C@@]5(C)CC[C@H](OC(=O)CCC(=O)O)C(C)(C)[C@@H]5CC[C@]43C)[C@@H]12. The van der Waals surface area contributed by atoms with Crippen LogP contribution in [0.3, 0.4) is 0 Å². The summed E-state index contributed by atoms with van der Waals surface area (Å²) in [6.07, 6.45) is 10.0. The van der Waals surface area contributed by atoms with Gasteiger partial charge in [0.15, 0.2) is 0 Å². The Bertz CT molecular complexity index is 1130. The maximum atomic E-state index is 13.7. The van der Waals surface area contributed by atoms with Crippen molar-refractivity contribution < 1.29 is 29.0 Å². The molecule has 42 heavy (non-hydrogen) atoms. The van der Waals surface area contributed by atoms with Crippen LogP contribution in [0, 0.1) is 56.7 Å². The first-order valence-corrected chi connectivity index (χ1v) is 16.8. The average Bonchev–Trinajstić information content (AvgIpc) is 3.31. The Kier molecular flexibility index (Phi) is 8.00. The zero-order valence-electron chi connectivity index (χ0n) is 27.4. The van der Waals surface area contributed by atoms with Crippen molar-refractivity contribution in [3.8, 4) is 0 Å². The minimum Gasteiger partial charge on any atom is -0.481 e. The van der Waals surface area contributed by atoms with Gasteiger partial charge in [0.2, 0.25) is 0 Å². The Labute approximate surface area is 253 Å². The molecule has 0 spiro atoms. The second-order valence-corrected chi connectivity index (χ2v) is 16.3. The normalized spacial score (nSPS) is 45.4. The highest BCUT2D eigenvalue weighted by molar-refractivity contribution is 5.78. The maximum absolute atomic E-state index is 13.7. The van der Waals surface area contributed by atoms with Gasteiger partial charge in [0.1, 0.15) is 6.10 Å². The van der Waals surface area contributed by atoms with Gasteiger partial charge >= 0.3 is 17.9 Å². The van der Waals surface area contributed by atoms with Crippen molar-refractivity contribution in [3.05, 3.63) is 12.2 Å². The van der Waals surface area contributed by atoms with E-state index in [1.807, 2.05) is 6.92 Å². The molecule has 0 unspecified atom stereocenters. The lowest BCUT2D eigenvalue weighted by molar-refractivity contribution is -0.251. The molecular weight excluding hydrogens is 528 g/mol. The summed E-state index contributed by atoms with van der Waals surface area (Å²) >= 11 is 0. The zero-order valence-corrected chi connectivity index (χ0v) is 27.4. The van der Waals surface area contributed by atoms with Crippen LogP contribution in [0.4, 0.5) is 0 Å². The third-order valence-corrected chi connectivity index (χ3v) is 14.5. The molecule has 0 amide bonds. The molecule has 5 aliphatic rings. The molecule has 0 aliphatic heterocycles. The van der Waals surface area contributed by atoms with Crippen LogP contribution in [0.2, 0.25) is 0 Å². The number of fused-ring (bicyclic) bond motifs is 7. The predicted molar refractivity (Wildman–Crippen MR) is 162 cm³/mol. The number of carboxylic acid groups (broad SMARTS) is 1. The van der Waals surface area contributed by atoms with Crippen molar-refractivity contribution in [3.63, 3.8) is 0 Å². The number of ether oxygens (including phenoxy) is 2. The van der Waals surface area contributed by atoms with E-state index in [-0.39, 0.29) is 58.0 Å². The summed E-state index contributed by atoms with van der Waals surface area (Å²) in [7, 11) is 0. The first-order chi connectivity index (χ1) is 19.6. The van der Waals surface area contributed by atoms with E-state index in [4.69, 9.17) is 14.6 Å². The molecule has 5 fully saturated rings. The van der Waals surface area contributed by atoms with E-state index in [0.717, 1.165) is 57.8 Å². The van der Waals surface area contributed by atoms with Crippen LogP contribution in [-0.2, 0) is 23.9 Å². The third-order valence-electron chi connectivity index (χ3n) is 14.5. The minimum absolute atomic E-state index is 0.0433. The maximum Gasteiger partial charge on any atom is 0.312 e. The van der Waals surface area contributed by atoms with Crippen LogP contribution >= 0.6 is 0 Å². The van der Waals surface area contributed by atoms with Crippen LogP contribution in [0.5, 0.6) is 0 Å². The predicted octanol–water partition coefficient (Wildman–Crippen LogP) is 7.98. The Balaban J connectivity index is 1.44. The summed E-state index contributed by atoms with van der Waals surface area (Å²) < 4.78 is 11.8. The van der Waals surface area contributed by atoms with Crippen LogP contribution in [0.1, 0.15) is 126 Å². The van der Waals surface area contributed by atoms with Crippen LogP contribution < -0.4 is 0 Å². The molecule has 0 aromatic carbocycles. The smallest absolute Gasteiger partial charge is 0.312 e. The van der Waals surface area contributed by atoms with Gasteiger partial charge in [0, 0.05) is 5.41 Å². The second kappa shape index (κ2) is 10.6. The van der Waals surface area contributed by atoms with Gasteiger partial charge in [-0.25, -0.2) is 0 Å². The van der Waals surface area contributed by atoms with Crippen molar-refractivity contribution in [2.24, 2.45) is 56.7 Å². The zero-order chi connectivity index (χ0) is 30.9. The highest BCUT2D eigenvalue weighted by Crippen LogP contribution is 2.77. The van der Waals surface area contributed by atoms with E-state index in [2.05, 4.69) is 48.1 Å². The molecule has 6 nitrogen and oxygen atoms in total. The Morgan fingerprint density at radius 3 is 2.19 bits per heavy atom. The van der Waals surface area contributed by atoms with E-state index in [1.54, 1.807) is 0 Å². The lowest BCUT2D eigenvalue weighted by atomic mass is 9.32. The van der Waals surface area contributed by atoms with E-state index in [1.165, 1.54) is 12.0 Å². The largest absolute Gasteiger partial charge is 0.481 e. The van der Waals surface area contributed by atoms with Crippen molar-refractivity contribution in [2.45, 2.75) is 132 Å². The van der Waals surface area contributed by atoms with Crippen LogP contribution in [-0.4, -0.2) is 35.7 Å². The average molecular weight is 585 g/mol.